The van der Waals surface area contributed by atoms with Crippen molar-refractivity contribution in [3.63, 3.8) is 0 Å². The first-order chi connectivity index (χ1) is 21.4. The molecule has 7 heteroatoms. The van der Waals surface area contributed by atoms with E-state index in [9.17, 15) is 15.6 Å². The monoisotopic (exact) mass is 600 g/mol. The van der Waals surface area contributed by atoms with Crippen LogP contribution in [0.15, 0.2) is 89.3 Å². The van der Waals surface area contributed by atoms with Crippen LogP contribution in [0.5, 0.6) is 5.75 Å². The first-order valence-electron chi connectivity index (χ1n) is 14.8. The number of anilines is 1. The number of thiophene rings is 1. The summed E-state index contributed by atoms with van der Waals surface area (Å²) >= 11 is 1.57. The number of nitrogens with zero attached hydrogens (tertiary/aromatic N) is 4. The van der Waals surface area contributed by atoms with Gasteiger partial charge in [-0.25, -0.2) is 4.85 Å². The van der Waals surface area contributed by atoms with Gasteiger partial charge in [0.05, 0.1) is 6.57 Å². The first-order valence-corrected chi connectivity index (χ1v) is 15.7. The van der Waals surface area contributed by atoms with Gasteiger partial charge in [0.15, 0.2) is 11.3 Å². The Labute approximate surface area is 264 Å². The van der Waals surface area contributed by atoms with E-state index >= 15 is 0 Å². The number of nitriles is 2. The molecule has 1 aliphatic rings. The Morgan fingerprint density at radius 3 is 2.16 bits per heavy atom. The van der Waals surface area contributed by atoms with E-state index in [1.165, 1.54) is 0 Å². The number of phenolic OH excluding ortho intramolecular Hbond substituents is 1. The predicted molar refractivity (Wildman–Crippen MR) is 179 cm³/mol. The number of benzene rings is 2. The summed E-state index contributed by atoms with van der Waals surface area (Å²) in [6, 6.07) is 23.1. The van der Waals surface area contributed by atoms with Gasteiger partial charge in [-0.1, -0.05) is 63.1 Å². The Hall–Kier alpha value is -5.03. The van der Waals surface area contributed by atoms with Crippen molar-refractivity contribution in [1.82, 2.24) is 0 Å². The van der Waals surface area contributed by atoms with E-state index in [4.69, 9.17) is 11.3 Å². The van der Waals surface area contributed by atoms with Crippen molar-refractivity contribution in [1.29, 1.82) is 10.5 Å². The molecule has 222 valence electrons. The van der Waals surface area contributed by atoms with Crippen LogP contribution in [0.25, 0.3) is 23.1 Å². The van der Waals surface area contributed by atoms with E-state index < -0.39 is 5.60 Å². The zero-order valence-electron chi connectivity index (χ0n) is 25.4. The van der Waals surface area contributed by atoms with Crippen LogP contribution in [-0.4, -0.2) is 18.2 Å². The molecule has 44 heavy (non-hydrogen) atoms. The van der Waals surface area contributed by atoms with Gasteiger partial charge in [-0.2, -0.15) is 10.5 Å². The van der Waals surface area contributed by atoms with E-state index in [0.29, 0.717) is 5.57 Å². The number of unbranched alkanes of at least 4 members (excludes halogenated alkanes) is 2. The lowest BCUT2D eigenvalue weighted by Gasteiger charge is -2.28. The smallest absolute Gasteiger partial charge is 0.237 e. The number of rotatable bonds is 12. The van der Waals surface area contributed by atoms with Crippen LogP contribution in [0.4, 0.5) is 5.69 Å². The maximum Gasteiger partial charge on any atom is 0.237 e. The molecule has 1 N–H and O–H groups in total. The maximum atomic E-state index is 10.8. The zero-order valence-corrected chi connectivity index (χ0v) is 26.2. The van der Waals surface area contributed by atoms with Gasteiger partial charge < -0.3 is 14.7 Å². The van der Waals surface area contributed by atoms with Gasteiger partial charge in [-0.05, 0) is 67.8 Å². The maximum absolute atomic E-state index is 10.8. The molecule has 0 bridgehead atoms. The highest BCUT2D eigenvalue weighted by Crippen LogP contribution is 2.47. The summed E-state index contributed by atoms with van der Waals surface area (Å²) in [4.78, 5) is 7.99. The lowest BCUT2D eigenvalue weighted by atomic mass is 9.87. The minimum atomic E-state index is -1.04. The Kier molecular flexibility index (Phi) is 10.8. The molecule has 3 aromatic rings. The van der Waals surface area contributed by atoms with E-state index in [2.05, 4.69) is 29.7 Å². The zero-order chi connectivity index (χ0) is 31.5. The quantitative estimate of drug-likeness (QED) is 0.165. The molecule has 1 aromatic heterocycles. The van der Waals surface area contributed by atoms with Gasteiger partial charge in [-0.3, -0.25) is 0 Å². The highest BCUT2D eigenvalue weighted by Gasteiger charge is 2.43. The number of hydrogen-bond acceptors (Lipinski definition) is 6. The van der Waals surface area contributed by atoms with Crippen LogP contribution in [-0.2, 0) is 10.3 Å². The van der Waals surface area contributed by atoms with Crippen LogP contribution >= 0.6 is 11.3 Å². The highest BCUT2D eigenvalue weighted by molar-refractivity contribution is 7.13. The fourth-order valence-electron chi connectivity index (χ4n) is 5.09. The molecule has 0 spiro atoms. The van der Waals surface area contributed by atoms with Gasteiger partial charge >= 0.3 is 0 Å². The normalized spacial score (nSPS) is 16.1. The fourth-order valence-corrected chi connectivity index (χ4v) is 5.91. The van der Waals surface area contributed by atoms with Gasteiger partial charge in [-0.15, -0.1) is 11.3 Å². The van der Waals surface area contributed by atoms with Crippen LogP contribution in [0.2, 0.25) is 0 Å². The Bertz CT molecular complexity index is 1700. The SMILES string of the molecule is [C-]#[N+]C1=C(/C=C/c2ccc(/C=C/c3ccc(N(CCCC)CCCC)cc3O)s2)C(C)(c2ccccc2)OC1=C(C#N)C#N. The lowest BCUT2D eigenvalue weighted by molar-refractivity contribution is 0.0755. The second kappa shape index (κ2) is 14.9. The van der Waals surface area contributed by atoms with Crippen molar-refractivity contribution in [3.05, 3.63) is 122 Å². The molecular weight excluding hydrogens is 565 g/mol. The molecule has 0 saturated heterocycles. The molecule has 4 rings (SSSR count). The molecule has 1 unspecified atom stereocenters. The van der Waals surface area contributed by atoms with E-state index in [0.717, 1.165) is 65.3 Å². The van der Waals surface area contributed by atoms with Gasteiger partial charge in [0, 0.05) is 45.7 Å². The molecule has 2 aromatic carbocycles. The van der Waals surface area contributed by atoms with Crippen molar-refractivity contribution in [3.8, 4) is 17.9 Å². The molecule has 0 saturated carbocycles. The molecule has 0 aliphatic carbocycles. The molecule has 1 aliphatic heterocycles. The third kappa shape index (κ3) is 7.12. The lowest BCUT2D eigenvalue weighted by Crippen LogP contribution is -2.25. The summed E-state index contributed by atoms with van der Waals surface area (Å²) in [7, 11) is 0. The van der Waals surface area contributed by atoms with Crippen LogP contribution in [0.3, 0.4) is 0 Å². The molecule has 1 atom stereocenters. The number of allylic oxidation sites excluding steroid dienone is 1. The minimum absolute atomic E-state index is 0.00970. The standard InChI is InChI=1S/C37H36N4O2S/c1-5-7-22-41(23-8-6-2)30-16-14-27(34(42)24-30)15-17-31-18-19-32(44-31)20-21-33-35(40-4)36(28(25-38)26-39)43-37(33,3)29-12-10-9-11-13-29/h9-21,24,42H,5-8,22-23H2,1-3H3/b17-15+,21-20+. The van der Waals surface area contributed by atoms with Crippen molar-refractivity contribution in [2.24, 2.45) is 0 Å². The van der Waals surface area contributed by atoms with Crippen LogP contribution < -0.4 is 4.90 Å². The number of ether oxygens (including phenoxy) is 1. The highest BCUT2D eigenvalue weighted by atomic mass is 32.1. The topological polar surface area (TPSA) is 84.6 Å². The molecule has 0 radical (unpaired) electrons. The summed E-state index contributed by atoms with van der Waals surface area (Å²) < 4.78 is 6.21. The number of hydrogen-bond donors (Lipinski definition) is 1. The van der Waals surface area contributed by atoms with Crippen molar-refractivity contribution in [2.45, 2.75) is 52.1 Å². The van der Waals surface area contributed by atoms with E-state index in [1.54, 1.807) is 11.3 Å². The average Bonchev–Trinajstić information content (AvgIpc) is 3.62. The molecule has 0 fully saturated rings. The van der Waals surface area contributed by atoms with Crippen molar-refractivity contribution in [2.75, 3.05) is 18.0 Å². The molecular formula is C37H36N4O2S. The number of phenols is 1. The summed E-state index contributed by atoms with van der Waals surface area (Å²) in [5.41, 5.74) is 2.08. The first kappa shape index (κ1) is 31.9. The summed E-state index contributed by atoms with van der Waals surface area (Å²) in [5, 5.41) is 29.8. The van der Waals surface area contributed by atoms with Crippen molar-refractivity contribution >= 4 is 35.3 Å². The second-order valence-electron chi connectivity index (χ2n) is 10.6. The summed E-state index contributed by atoms with van der Waals surface area (Å²) in [5.74, 6) is 0.266. The van der Waals surface area contributed by atoms with E-state index in [1.807, 2.05) is 98.0 Å². The predicted octanol–water partition coefficient (Wildman–Crippen LogP) is 9.46. The van der Waals surface area contributed by atoms with Crippen LogP contribution in [0.1, 0.15) is 67.3 Å². The third-order valence-electron chi connectivity index (χ3n) is 7.61. The molecule has 6 nitrogen and oxygen atoms in total. The van der Waals surface area contributed by atoms with Crippen molar-refractivity contribution < 1.29 is 9.84 Å². The second-order valence-corrected chi connectivity index (χ2v) is 11.8. The third-order valence-corrected chi connectivity index (χ3v) is 8.62. The number of aromatic hydroxyl groups is 1. The Morgan fingerprint density at radius 1 is 0.955 bits per heavy atom. The molecule has 0 amide bonds. The Balaban J connectivity index is 1.59. The summed E-state index contributed by atoms with van der Waals surface area (Å²) in [6.07, 6.45) is 12.2. The minimum Gasteiger partial charge on any atom is -0.507 e. The van der Waals surface area contributed by atoms with E-state index in [-0.39, 0.29) is 22.8 Å². The van der Waals surface area contributed by atoms with Crippen LogP contribution in [0, 0.1) is 29.2 Å². The molecule has 2 heterocycles. The van der Waals surface area contributed by atoms with Gasteiger partial charge in [0.25, 0.3) is 0 Å². The Morgan fingerprint density at radius 2 is 1.59 bits per heavy atom. The largest absolute Gasteiger partial charge is 0.507 e. The van der Waals surface area contributed by atoms with Gasteiger partial charge in [0.2, 0.25) is 5.70 Å². The fraction of sp³-hybridized carbons (Fsp3) is 0.270. The van der Waals surface area contributed by atoms with Gasteiger partial charge in [0.1, 0.15) is 23.5 Å². The average molecular weight is 601 g/mol. The summed E-state index contributed by atoms with van der Waals surface area (Å²) in [6.45, 7) is 16.0.